The minimum Gasteiger partial charge on any atom is -0.481 e. The fraction of sp³-hybridized carbons (Fsp3) is 0.571. The van der Waals surface area contributed by atoms with Gasteiger partial charge in [0, 0.05) is 13.0 Å². The van der Waals surface area contributed by atoms with Crippen LogP contribution in [-0.4, -0.2) is 33.7 Å². The summed E-state index contributed by atoms with van der Waals surface area (Å²) in [7, 11) is 0. The summed E-state index contributed by atoms with van der Waals surface area (Å²) in [5.74, 6) is -1.12. The minimum absolute atomic E-state index is 0.0579. The molecule has 0 radical (unpaired) electrons. The normalized spacial score (nSPS) is 11.9. The highest BCUT2D eigenvalue weighted by atomic mass is 16.4. The molecule has 0 aliphatic carbocycles. The molecule has 0 fully saturated rings. The largest absolute Gasteiger partial charge is 0.481 e. The van der Waals surface area contributed by atoms with Gasteiger partial charge in [0.15, 0.2) is 0 Å². The molecule has 0 aliphatic rings. The van der Waals surface area contributed by atoms with Gasteiger partial charge >= 0.3 is 5.97 Å². The number of carboxylic acid groups (broad SMARTS) is 1. The zero-order valence-corrected chi connectivity index (χ0v) is 12.1. The number of amides is 1. The molecule has 6 heteroatoms. The van der Waals surface area contributed by atoms with E-state index in [2.05, 4.69) is 15.5 Å². The van der Waals surface area contributed by atoms with Gasteiger partial charge in [0.2, 0.25) is 0 Å². The summed E-state index contributed by atoms with van der Waals surface area (Å²) in [6, 6.07) is 1.71. The maximum atomic E-state index is 12.2. The van der Waals surface area contributed by atoms with Gasteiger partial charge in [-0.1, -0.05) is 20.3 Å². The van der Waals surface area contributed by atoms with Crippen molar-refractivity contribution in [1.82, 2.24) is 15.5 Å². The quantitative estimate of drug-likeness (QED) is 0.790. The van der Waals surface area contributed by atoms with Crippen molar-refractivity contribution in [1.29, 1.82) is 0 Å². The lowest BCUT2D eigenvalue weighted by Crippen LogP contribution is -2.31. The zero-order valence-electron chi connectivity index (χ0n) is 12.1. The van der Waals surface area contributed by atoms with Gasteiger partial charge in [0.05, 0.1) is 17.0 Å². The molecule has 6 nitrogen and oxygen atoms in total. The van der Waals surface area contributed by atoms with Crippen molar-refractivity contribution in [2.75, 3.05) is 6.54 Å². The summed E-state index contributed by atoms with van der Waals surface area (Å²) in [6.45, 7) is 5.96. The van der Waals surface area contributed by atoms with E-state index in [4.69, 9.17) is 5.11 Å². The van der Waals surface area contributed by atoms with Gasteiger partial charge in [0.1, 0.15) is 0 Å². The maximum Gasteiger partial charge on any atom is 0.303 e. The van der Waals surface area contributed by atoms with E-state index in [1.165, 1.54) is 0 Å². The molecule has 1 rings (SSSR count). The number of carbonyl (C=O) groups is 2. The lowest BCUT2D eigenvalue weighted by atomic mass is 10.0. The van der Waals surface area contributed by atoms with Crippen LogP contribution in [0.3, 0.4) is 0 Å². The number of aliphatic carboxylic acids is 1. The fourth-order valence-corrected chi connectivity index (χ4v) is 1.91. The van der Waals surface area contributed by atoms with Crippen molar-refractivity contribution in [3.8, 4) is 0 Å². The Kier molecular flexibility index (Phi) is 6.09. The van der Waals surface area contributed by atoms with Crippen LogP contribution in [-0.2, 0) is 11.2 Å². The van der Waals surface area contributed by atoms with Crippen LogP contribution in [0.2, 0.25) is 0 Å². The first-order chi connectivity index (χ1) is 9.47. The summed E-state index contributed by atoms with van der Waals surface area (Å²) < 4.78 is 0. The van der Waals surface area contributed by atoms with E-state index in [9.17, 15) is 9.59 Å². The van der Waals surface area contributed by atoms with Crippen molar-refractivity contribution in [3.05, 3.63) is 23.0 Å². The van der Waals surface area contributed by atoms with E-state index in [1.54, 1.807) is 13.0 Å². The van der Waals surface area contributed by atoms with Crippen molar-refractivity contribution >= 4 is 11.9 Å². The van der Waals surface area contributed by atoms with Crippen LogP contribution < -0.4 is 5.32 Å². The van der Waals surface area contributed by atoms with Gasteiger partial charge in [-0.2, -0.15) is 10.2 Å². The summed E-state index contributed by atoms with van der Waals surface area (Å²) >= 11 is 0. The molecule has 1 aromatic rings. The van der Waals surface area contributed by atoms with Crippen molar-refractivity contribution in [3.63, 3.8) is 0 Å². The van der Waals surface area contributed by atoms with E-state index in [0.717, 1.165) is 0 Å². The number of carboxylic acids is 1. The molecule has 1 aromatic heterocycles. The molecule has 110 valence electrons. The summed E-state index contributed by atoms with van der Waals surface area (Å²) in [5.41, 5.74) is 1.86. The van der Waals surface area contributed by atoms with E-state index in [-0.39, 0.29) is 18.2 Å². The smallest absolute Gasteiger partial charge is 0.303 e. The Bertz CT molecular complexity index is 489. The third-order valence-corrected chi connectivity index (χ3v) is 3.16. The molecule has 1 unspecified atom stereocenters. The van der Waals surface area contributed by atoms with Crippen LogP contribution in [0.25, 0.3) is 0 Å². The third kappa shape index (κ3) is 4.60. The minimum atomic E-state index is -0.846. The second-order valence-electron chi connectivity index (χ2n) is 4.78. The highest BCUT2D eigenvalue weighted by molar-refractivity contribution is 5.95. The van der Waals surface area contributed by atoms with Crippen LogP contribution in [0, 0.1) is 12.8 Å². The molecule has 0 saturated heterocycles. The number of aromatic nitrogens is 2. The topological polar surface area (TPSA) is 92.2 Å². The van der Waals surface area contributed by atoms with E-state index < -0.39 is 5.97 Å². The molecule has 0 spiro atoms. The first kappa shape index (κ1) is 16.1. The average Bonchev–Trinajstić information content (AvgIpc) is 2.42. The fourth-order valence-electron chi connectivity index (χ4n) is 1.91. The van der Waals surface area contributed by atoms with Gasteiger partial charge in [-0.15, -0.1) is 0 Å². The number of nitrogens with zero attached hydrogens (tertiary/aromatic N) is 2. The third-order valence-electron chi connectivity index (χ3n) is 3.16. The predicted molar refractivity (Wildman–Crippen MR) is 74.5 cm³/mol. The molecule has 0 bridgehead atoms. The molecule has 0 aromatic carbocycles. The molecule has 1 atom stereocenters. The van der Waals surface area contributed by atoms with Gasteiger partial charge in [-0.3, -0.25) is 9.59 Å². The van der Waals surface area contributed by atoms with Crippen LogP contribution in [0.15, 0.2) is 6.07 Å². The number of carbonyl (C=O) groups excluding carboxylic acids is 1. The summed E-state index contributed by atoms with van der Waals surface area (Å²) in [5, 5.41) is 19.5. The molecule has 20 heavy (non-hydrogen) atoms. The van der Waals surface area contributed by atoms with Crippen LogP contribution in [0.1, 0.15) is 48.4 Å². The number of hydrogen-bond acceptors (Lipinski definition) is 4. The van der Waals surface area contributed by atoms with Crippen LogP contribution >= 0.6 is 0 Å². The number of hydrogen-bond donors (Lipinski definition) is 2. The Morgan fingerprint density at radius 1 is 1.35 bits per heavy atom. The average molecular weight is 279 g/mol. The van der Waals surface area contributed by atoms with Gasteiger partial charge in [0.25, 0.3) is 5.91 Å². The Morgan fingerprint density at radius 2 is 2.05 bits per heavy atom. The maximum absolute atomic E-state index is 12.2. The Morgan fingerprint density at radius 3 is 2.60 bits per heavy atom. The molecule has 1 amide bonds. The van der Waals surface area contributed by atoms with E-state index >= 15 is 0 Å². The Labute approximate surface area is 118 Å². The standard InChI is InChI=1S/C14H21N3O3/c1-4-10(7-13(18)19)8-15-14(20)11-6-9(3)16-17-12(11)5-2/h6,10H,4-5,7-8H2,1-3H3,(H,15,20)(H,18,19). The summed E-state index contributed by atoms with van der Waals surface area (Å²) in [4.78, 5) is 22.9. The second kappa shape index (κ2) is 7.57. The predicted octanol–water partition coefficient (Wildman–Crippen LogP) is 1.58. The first-order valence-electron chi connectivity index (χ1n) is 6.81. The zero-order chi connectivity index (χ0) is 15.1. The van der Waals surface area contributed by atoms with E-state index in [1.807, 2.05) is 13.8 Å². The monoisotopic (exact) mass is 279 g/mol. The lowest BCUT2D eigenvalue weighted by molar-refractivity contribution is -0.138. The van der Waals surface area contributed by atoms with Crippen molar-refractivity contribution in [2.24, 2.45) is 5.92 Å². The van der Waals surface area contributed by atoms with Crippen molar-refractivity contribution < 1.29 is 14.7 Å². The molecular weight excluding hydrogens is 258 g/mol. The Balaban J connectivity index is 2.71. The lowest BCUT2D eigenvalue weighted by Gasteiger charge is -2.14. The first-order valence-corrected chi connectivity index (χ1v) is 6.81. The molecule has 0 aliphatic heterocycles. The molecule has 0 saturated carbocycles. The number of aryl methyl sites for hydroxylation is 2. The number of nitrogens with one attached hydrogen (secondary N) is 1. The van der Waals surface area contributed by atoms with Gasteiger partial charge in [-0.25, -0.2) is 0 Å². The van der Waals surface area contributed by atoms with Crippen molar-refractivity contribution in [2.45, 2.75) is 40.0 Å². The Hall–Kier alpha value is -1.98. The van der Waals surface area contributed by atoms with Gasteiger partial charge in [-0.05, 0) is 25.3 Å². The van der Waals surface area contributed by atoms with Gasteiger partial charge < -0.3 is 10.4 Å². The highest BCUT2D eigenvalue weighted by Gasteiger charge is 2.16. The van der Waals surface area contributed by atoms with Crippen LogP contribution in [0.5, 0.6) is 0 Å². The highest BCUT2D eigenvalue weighted by Crippen LogP contribution is 2.10. The molecular formula is C14H21N3O3. The second-order valence-corrected chi connectivity index (χ2v) is 4.78. The summed E-state index contributed by atoms with van der Waals surface area (Å²) in [6.07, 6.45) is 1.40. The molecule has 2 N–H and O–H groups in total. The van der Waals surface area contributed by atoms with Crippen LogP contribution in [0.4, 0.5) is 0 Å². The number of rotatable bonds is 7. The van der Waals surface area contributed by atoms with E-state index in [0.29, 0.717) is 36.3 Å². The molecule has 1 heterocycles. The SMILES string of the molecule is CCc1nnc(C)cc1C(=O)NCC(CC)CC(=O)O.